The van der Waals surface area contributed by atoms with Crippen LogP contribution < -0.4 is 5.32 Å². The molecule has 0 amide bonds. The van der Waals surface area contributed by atoms with Crippen molar-refractivity contribution in [3.63, 3.8) is 0 Å². The van der Waals surface area contributed by atoms with Crippen molar-refractivity contribution >= 4 is 17.6 Å². The number of benzene rings is 2. The Labute approximate surface area is 136 Å². The van der Waals surface area contributed by atoms with Gasteiger partial charge in [0, 0.05) is 17.5 Å². The van der Waals surface area contributed by atoms with Gasteiger partial charge in [0.25, 0.3) is 6.02 Å². The molecule has 0 fully saturated rings. The second-order valence-electron chi connectivity index (χ2n) is 5.43. The van der Waals surface area contributed by atoms with Crippen LogP contribution in [-0.4, -0.2) is 25.7 Å². The van der Waals surface area contributed by atoms with Gasteiger partial charge in [0.1, 0.15) is 6.61 Å². The summed E-state index contributed by atoms with van der Waals surface area (Å²) in [4.78, 5) is 4.28. The number of rotatable bonds is 4. The van der Waals surface area contributed by atoms with Crippen molar-refractivity contribution in [2.24, 2.45) is 4.99 Å². The molecule has 1 N–H and O–H groups in total. The second kappa shape index (κ2) is 6.84. The zero-order valence-electron chi connectivity index (χ0n) is 12.6. The van der Waals surface area contributed by atoms with Crippen LogP contribution >= 0.6 is 11.6 Å². The summed E-state index contributed by atoms with van der Waals surface area (Å²) in [7, 11) is 0. The normalized spacial score (nSPS) is 15.1. The molecule has 0 aromatic heterocycles. The summed E-state index contributed by atoms with van der Waals surface area (Å²) in [5.41, 5.74) is 3.69. The molecule has 22 heavy (non-hydrogen) atoms. The van der Waals surface area contributed by atoms with Gasteiger partial charge >= 0.3 is 0 Å². The van der Waals surface area contributed by atoms with E-state index in [-0.39, 0.29) is 5.92 Å². The van der Waals surface area contributed by atoms with Crippen molar-refractivity contribution in [1.82, 2.24) is 5.32 Å². The summed E-state index contributed by atoms with van der Waals surface area (Å²) in [6, 6.07) is 17.3. The maximum atomic E-state index is 6.16. The van der Waals surface area contributed by atoms with E-state index in [2.05, 4.69) is 47.6 Å². The van der Waals surface area contributed by atoms with Gasteiger partial charge in [0.05, 0.1) is 6.54 Å². The molecule has 0 saturated heterocycles. The third kappa shape index (κ3) is 3.60. The Morgan fingerprint density at radius 3 is 2.68 bits per heavy atom. The lowest BCUT2D eigenvalue weighted by Crippen LogP contribution is -2.29. The summed E-state index contributed by atoms with van der Waals surface area (Å²) in [6.07, 6.45) is 0. The van der Waals surface area contributed by atoms with Gasteiger partial charge in [-0.15, -0.1) is 0 Å². The molecule has 4 heteroatoms. The minimum Gasteiger partial charge on any atom is -0.463 e. The molecule has 0 bridgehead atoms. The Kier molecular flexibility index (Phi) is 4.64. The molecule has 1 aliphatic rings. The number of hydrogen-bond donors (Lipinski definition) is 1. The standard InChI is InChI=1S/C18H19ClN2O/c1-13-5-7-14(8-6-13)17(12-21-18-20-9-10-22-18)15-3-2-4-16(19)11-15/h2-8,11,17H,9-10,12H2,1H3,(H,20,21). The fraction of sp³-hybridized carbons (Fsp3) is 0.278. The highest BCUT2D eigenvalue weighted by atomic mass is 35.5. The lowest BCUT2D eigenvalue weighted by molar-refractivity contribution is 0.331. The summed E-state index contributed by atoms with van der Waals surface area (Å²) in [5, 5.41) is 4.05. The van der Waals surface area contributed by atoms with Crippen molar-refractivity contribution in [3.8, 4) is 0 Å². The highest BCUT2D eigenvalue weighted by Crippen LogP contribution is 2.26. The molecule has 1 atom stereocenters. The van der Waals surface area contributed by atoms with Gasteiger partial charge in [-0.05, 0) is 30.2 Å². The Morgan fingerprint density at radius 2 is 2.00 bits per heavy atom. The maximum absolute atomic E-state index is 6.16. The first-order valence-electron chi connectivity index (χ1n) is 7.45. The Morgan fingerprint density at radius 1 is 1.18 bits per heavy atom. The number of nitrogens with one attached hydrogen (secondary N) is 1. The van der Waals surface area contributed by atoms with Crippen molar-refractivity contribution in [2.75, 3.05) is 19.7 Å². The smallest absolute Gasteiger partial charge is 0.284 e. The van der Waals surface area contributed by atoms with Gasteiger partial charge < -0.3 is 10.1 Å². The van der Waals surface area contributed by atoms with E-state index in [1.54, 1.807) is 0 Å². The van der Waals surface area contributed by atoms with E-state index in [0.29, 0.717) is 12.6 Å². The highest BCUT2D eigenvalue weighted by molar-refractivity contribution is 6.30. The molecule has 1 heterocycles. The van der Waals surface area contributed by atoms with Gasteiger partial charge in [0.2, 0.25) is 0 Å². The number of halogens is 1. The Hall–Kier alpha value is -2.00. The van der Waals surface area contributed by atoms with Crippen LogP contribution in [0, 0.1) is 6.92 Å². The highest BCUT2D eigenvalue weighted by Gasteiger charge is 2.16. The van der Waals surface area contributed by atoms with Gasteiger partial charge in [-0.2, -0.15) is 0 Å². The molecule has 0 radical (unpaired) electrons. The topological polar surface area (TPSA) is 33.6 Å². The molecule has 2 aromatic carbocycles. The lowest BCUT2D eigenvalue weighted by Gasteiger charge is -2.19. The van der Waals surface area contributed by atoms with E-state index < -0.39 is 0 Å². The van der Waals surface area contributed by atoms with Crippen molar-refractivity contribution in [1.29, 1.82) is 0 Å². The number of aryl methyl sites for hydroxylation is 1. The van der Waals surface area contributed by atoms with E-state index in [4.69, 9.17) is 16.3 Å². The average Bonchev–Trinajstić information content (AvgIpc) is 3.03. The third-order valence-corrected chi connectivity index (χ3v) is 4.01. The third-order valence-electron chi connectivity index (χ3n) is 3.77. The second-order valence-corrected chi connectivity index (χ2v) is 5.87. The first-order valence-corrected chi connectivity index (χ1v) is 7.83. The monoisotopic (exact) mass is 314 g/mol. The molecule has 3 nitrogen and oxygen atoms in total. The predicted molar refractivity (Wildman–Crippen MR) is 90.7 cm³/mol. The maximum Gasteiger partial charge on any atom is 0.284 e. The minimum atomic E-state index is 0.200. The number of nitrogens with zero attached hydrogens (tertiary/aromatic N) is 1. The predicted octanol–water partition coefficient (Wildman–Crippen LogP) is 3.76. The van der Waals surface area contributed by atoms with E-state index in [0.717, 1.165) is 18.1 Å². The summed E-state index contributed by atoms with van der Waals surface area (Å²) >= 11 is 6.16. The van der Waals surface area contributed by atoms with E-state index in [1.165, 1.54) is 16.7 Å². The van der Waals surface area contributed by atoms with Crippen molar-refractivity contribution in [3.05, 3.63) is 70.2 Å². The van der Waals surface area contributed by atoms with Crippen molar-refractivity contribution < 1.29 is 4.74 Å². The molecule has 2 aromatic rings. The molecule has 0 spiro atoms. The van der Waals surface area contributed by atoms with Crippen LogP contribution in [0.15, 0.2) is 53.5 Å². The Bertz CT molecular complexity index is 667. The van der Waals surface area contributed by atoms with Crippen LogP contribution in [-0.2, 0) is 4.74 Å². The van der Waals surface area contributed by atoms with Crippen LogP contribution in [0.1, 0.15) is 22.6 Å². The summed E-state index contributed by atoms with van der Waals surface area (Å²) in [5.74, 6) is 0.200. The van der Waals surface area contributed by atoms with E-state index in [1.807, 2.05) is 18.2 Å². The molecule has 1 aliphatic heterocycles. The minimum absolute atomic E-state index is 0.200. The summed E-state index contributed by atoms with van der Waals surface area (Å²) < 4.78 is 5.43. The molecule has 0 aliphatic carbocycles. The van der Waals surface area contributed by atoms with Gasteiger partial charge in [-0.1, -0.05) is 53.6 Å². The van der Waals surface area contributed by atoms with Gasteiger partial charge in [-0.25, -0.2) is 4.99 Å². The van der Waals surface area contributed by atoms with Crippen LogP contribution in [0.5, 0.6) is 0 Å². The first kappa shape index (κ1) is 14.9. The quantitative estimate of drug-likeness (QED) is 0.932. The summed E-state index contributed by atoms with van der Waals surface area (Å²) in [6.45, 7) is 4.21. The van der Waals surface area contributed by atoms with Crippen molar-refractivity contribution in [2.45, 2.75) is 12.8 Å². The SMILES string of the molecule is Cc1ccc(C(CNC2=NCCO2)c2cccc(Cl)c2)cc1. The fourth-order valence-corrected chi connectivity index (χ4v) is 2.78. The van der Waals surface area contributed by atoms with Gasteiger partial charge in [-0.3, -0.25) is 0 Å². The van der Waals surface area contributed by atoms with Crippen LogP contribution in [0.3, 0.4) is 0 Å². The first-order chi connectivity index (χ1) is 10.7. The molecular formula is C18H19ClN2O. The van der Waals surface area contributed by atoms with Crippen LogP contribution in [0.4, 0.5) is 0 Å². The van der Waals surface area contributed by atoms with Gasteiger partial charge in [0.15, 0.2) is 0 Å². The van der Waals surface area contributed by atoms with Crippen LogP contribution in [0.2, 0.25) is 5.02 Å². The molecule has 0 saturated carbocycles. The molecular weight excluding hydrogens is 296 g/mol. The fourth-order valence-electron chi connectivity index (χ4n) is 2.58. The largest absolute Gasteiger partial charge is 0.463 e. The zero-order valence-corrected chi connectivity index (χ0v) is 13.3. The van der Waals surface area contributed by atoms with Crippen LogP contribution in [0.25, 0.3) is 0 Å². The number of amidine groups is 1. The average molecular weight is 315 g/mol. The Balaban J connectivity index is 1.85. The molecule has 114 valence electrons. The molecule has 1 unspecified atom stereocenters. The number of aliphatic imine (C=N–C) groups is 1. The number of ether oxygens (including phenoxy) is 1. The zero-order chi connectivity index (χ0) is 15.4. The van der Waals surface area contributed by atoms with E-state index in [9.17, 15) is 0 Å². The number of hydrogen-bond acceptors (Lipinski definition) is 3. The lowest BCUT2D eigenvalue weighted by atomic mass is 9.91. The molecule has 3 rings (SSSR count). The van der Waals surface area contributed by atoms with E-state index >= 15 is 0 Å².